The van der Waals surface area contributed by atoms with E-state index in [-0.39, 0.29) is 5.54 Å². The first-order valence-electron chi connectivity index (χ1n) is 9.12. The van der Waals surface area contributed by atoms with Crippen molar-refractivity contribution in [2.24, 2.45) is 5.92 Å². The van der Waals surface area contributed by atoms with Gasteiger partial charge in [0, 0.05) is 25.6 Å². The van der Waals surface area contributed by atoms with Gasteiger partial charge in [-0.25, -0.2) is 0 Å². The van der Waals surface area contributed by atoms with Crippen LogP contribution in [0.1, 0.15) is 31.5 Å². The van der Waals surface area contributed by atoms with E-state index in [9.17, 15) is 4.79 Å². The first-order valence-corrected chi connectivity index (χ1v) is 9.12. The molecule has 2 aromatic heterocycles. The lowest BCUT2D eigenvalue weighted by atomic mass is 9.84. The van der Waals surface area contributed by atoms with Gasteiger partial charge in [-0.15, -0.1) is 10.2 Å². The van der Waals surface area contributed by atoms with Gasteiger partial charge < -0.3 is 9.32 Å². The summed E-state index contributed by atoms with van der Waals surface area (Å²) in [5.74, 6) is 3.22. The smallest absolute Gasteiger partial charge is 0.225 e. The van der Waals surface area contributed by atoms with Crippen LogP contribution >= 0.6 is 0 Å². The van der Waals surface area contributed by atoms with E-state index < -0.39 is 0 Å². The van der Waals surface area contributed by atoms with E-state index >= 15 is 0 Å². The predicted molar refractivity (Wildman–Crippen MR) is 90.6 cm³/mol. The zero-order valence-corrected chi connectivity index (χ0v) is 14.5. The van der Waals surface area contributed by atoms with Crippen molar-refractivity contribution in [2.45, 2.75) is 37.8 Å². The van der Waals surface area contributed by atoms with Crippen LogP contribution in [0.25, 0.3) is 11.6 Å². The van der Waals surface area contributed by atoms with Crippen LogP contribution in [0, 0.1) is 5.92 Å². The number of piperidine rings is 1. The number of fused-ring (bicyclic) bond motifs is 2. The minimum atomic E-state index is -0.0612. The molecule has 7 heteroatoms. The molecule has 25 heavy (non-hydrogen) atoms. The zero-order chi connectivity index (χ0) is 17.0. The van der Waals surface area contributed by atoms with Crippen molar-refractivity contribution in [3.8, 4) is 11.6 Å². The highest BCUT2D eigenvalue weighted by Gasteiger charge is 2.45. The normalized spacial score (nSPS) is 23.0. The molecule has 5 rings (SSSR count). The van der Waals surface area contributed by atoms with Gasteiger partial charge in [-0.3, -0.25) is 14.3 Å². The van der Waals surface area contributed by atoms with E-state index in [1.165, 1.54) is 0 Å². The van der Waals surface area contributed by atoms with Gasteiger partial charge in [0.05, 0.1) is 18.3 Å². The van der Waals surface area contributed by atoms with Crippen LogP contribution in [0.5, 0.6) is 0 Å². The summed E-state index contributed by atoms with van der Waals surface area (Å²) < 4.78 is 7.90. The van der Waals surface area contributed by atoms with Crippen LogP contribution < -0.4 is 0 Å². The molecule has 132 valence electrons. The summed E-state index contributed by atoms with van der Waals surface area (Å²) in [4.78, 5) is 16.8. The van der Waals surface area contributed by atoms with Gasteiger partial charge in [0.15, 0.2) is 11.6 Å². The number of furan rings is 1. The van der Waals surface area contributed by atoms with Crippen molar-refractivity contribution in [1.82, 2.24) is 24.6 Å². The molecule has 0 unspecified atom stereocenters. The van der Waals surface area contributed by atoms with Gasteiger partial charge in [-0.05, 0) is 44.9 Å². The van der Waals surface area contributed by atoms with Crippen LogP contribution in [-0.2, 0) is 16.9 Å². The Balaban J connectivity index is 1.48. The Hall–Kier alpha value is -2.15. The zero-order valence-electron chi connectivity index (χ0n) is 14.5. The summed E-state index contributed by atoms with van der Waals surface area (Å²) in [5.41, 5.74) is -0.0612. The molecule has 0 N–H and O–H groups in total. The van der Waals surface area contributed by atoms with E-state index in [0.29, 0.717) is 11.8 Å². The topological polar surface area (TPSA) is 67.4 Å². The number of carbonyl (C=O) groups is 1. The third kappa shape index (κ3) is 2.40. The number of rotatable bonds is 2. The molecule has 7 nitrogen and oxygen atoms in total. The third-order valence-electron chi connectivity index (χ3n) is 5.85. The highest BCUT2D eigenvalue weighted by Crippen LogP contribution is 2.40. The maximum Gasteiger partial charge on any atom is 0.225 e. The van der Waals surface area contributed by atoms with E-state index in [4.69, 9.17) is 4.42 Å². The summed E-state index contributed by atoms with van der Waals surface area (Å²) in [7, 11) is 2.13. The number of hydrogen-bond acceptors (Lipinski definition) is 5. The van der Waals surface area contributed by atoms with Gasteiger partial charge in [-0.1, -0.05) is 0 Å². The predicted octanol–water partition coefficient (Wildman–Crippen LogP) is 1.71. The Kier molecular flexibility index (Phi) is 3.28. The molecule has 1 spiro atoms. The summed E-state index contributed by atoms with van der Waals surface area (Å²) in [6.45, 7) is 3.38. The third-order valence-corrected chi connectivity index (χ3v) is 5.85. The Labute approximate surface area is 146 Å². The summed E-state index contributed by atoms with van der Waals surface area (Å²) in [6.07, 6.45) is 5.70. The van der Waals surface area contributed by atoms with Gasteiger partial charge in [-0.2, -0.15) is 0 Å². The number of likely N-dealkylation sites (N-methyl/N-ethyl adjacent to an activating group) is 1. The fourth-order valence-electron chi connectivity index (χ4n) is 4.47. The molecule has 1 amide bonds. The molecule has 0 radical (unpaired) electrons. The molecule has 4 heterocycles. The molecule has 1 saturated heterocycles. The van der Waals surface area contributed by atoms with E-state index in [0.717, 1.165) is 69.3 Å². The lowest BCUT2D eigenvalue weighted by Crippen LogP contribution is -2.56. The maximum absolute atomic E-state index is 12.4. The van der Waals surface area contributed by atoms with Crippen molar-refractivity contribution >= 4 is 5.91 Å². The highest BCUT2D eigenvalue weighted by atomic mass is 16.3. The van der Waals surface area contributed by atoms with Crippen LogP contribution in [0.3, 0.4) is 0 Å². The molecule has 2 fully saturated rings. The van der Waals surface area contributed by atoms with Crippen LogP contribution in [-0.4, -0.2) is 57.2 Å². The molecule has 2 aromatic rings. The minimum Gasteiger partial charge on any atom is -0.461 e. The van der Waals surface area contributed by atoms with Crippen molar-refractivity contribution in [3.05, 3.63) is 24.2 Å². The number of amides is 1. The van der Waals surface area contributed by atoms with Crippen LogP contribution in [0.4, 0.5) is 0 Å². The SMILES string of the molecule is CN1Cc2nnc(-c3ccco3)n2C2(CCN(C(=O)C3CC3)CC2)C1. The first kappa shape index (κ1) is 15.1. The van der Waals surface area contributed by atoms with E-state index in [2.05, 4.69) is 31.6 Å². The molecule has 0 bridgehead atoms. The van der Waals surface area contributed by atoms with Crippen molar-refractivity contribution in [1.29, 1.82) is 0 Å². The van der Waals surface area contributed by atoms with E-state index in [1.54, 1.807) is 6.26 Å². The Bertz CT molecular complexity index is 785. The summed E-state index contributed by atoms with van der Waals surface area (Å²) in [5, 5.41) is 8.86. The second kappa shape index (κ2) is 5.42. The molecule has 1 saturated carbocycles. The summed E-state index contributed by atoms with van der Waals surface area (Å²) >= 11 is 0. The molecular formula is C18H23N5O2. The first-order chi connectivity index (χ1) is 12.2. The average Bonchev–Trinajstić information content (AvgIpc) is 3.13. The number of aromatic nitrogens is 3. The lowest BCUT2D eigenvalue weighted by molar-refractivity contribution is -0.135. The Morgan fingerprint density at radius 1 is 1.28 bits per heavy atom. The van der Waals surface area contributed by atoms with Crippen molar-refractivity contribution < 1.29 is 9.21 Å². The molecule has 1 aliphatic carbocycles. The standard InChI is InChI=1S/C18H23N5O2/c1-21-11-15-19-20-16(14-3-2-10-25-14)23(15)18(12-21)6-8-22(9-7-18)17(24)13-4-5-13/h2-3,10,13H,4-9,11-12H2,1H3. The quantitative estimate of drug-likeness (QED) is 0.832. The molecular weight excluding hydrogens is 318 g/mol. The number of likely N-dealkylation sites (tertiary alicyclic amines) is 1. The molecule has 0 atom stereocenters. The lowest BCUT2D eigenvalue weighted by Gasteiger charge is -2.48. The van der Waals surface area contributed by atoms with Gasteiger partial charge in [0.1, 0.15) is 5.82 Å². The Morgan fingerprint density at radius 3 is 2.76 bits per heavy atom. The van der Waals surface area contributed by atoms with Gasteiger partial charge in [0.2, 0.25) is 5.91 Å². The van der Waals surface area contributed by atoms with Gasteiger partial charge in [0.25, 0.3) is 0 Å². The second-order valence-electron chi connectivity index (χ2n) is 7.75. The van der Waals surface area contributed by atoms with Crippen molar-refractivity contribution in [3.63, 3.8) is 0 Å². The Morgan fingerprint density at radius 2 is 2.08 bits per heavy atom. The fourth-order valence-corrected chi connectivity index (χ4v) is 4.47. The monoisotopic (exact) mass is 341 g/mol. The number of carbonyl (C=O) groups excluding carboxylic acids is 1. The van der Waals surface area contributed by atoms with Crippen LogP contribution in [0.2, 0.25) is 0 Å². The summed E-state index contributed by atoms with van der Waals surface area (Å²) in [6, 6.07) is 3.82. The second-order valence-corrected chi connectivity index (χ2v) is 7.75. The highest BCUT2D eigenvalue weighted by molar-refractivity contribution is 5.81. The molecule has 3 aliphatic rings. The maximum atomic E-state index is 12.4. The molecule has 0 aromatic carbocycles. The minimum absolute atomic E-state index is 0.0612. The average molecular weight is 341 g/mol. The number of nitrogens with zero attached hydrogens (tertiary/aromatic N) is 5. The van der Waals surface area contributed by atoms with Gasteiger partial charge >= 0.3 is 0 Å². The van der Waals surface area contributed by atoms with E-state index in [1.807, 2.05) is 12.1 Å². The van der Waals surface area contributed by atoms with Crippen LogP contribution in [0.15, 0.2) is 22.8 Å². The van der Waals surface area contributed by atoms with Crippen molar-refractivity contribution in [2.75, 3.05) is 26.7 Å². The molecule has 2 aliphatic heterocycles. The fraction of sp³-hybridized carbons (Fsp3) is 0.611. The number of hydrogen-bond donors (Lipinski definition) is 0. The largest absolute Gasteiger partial charge is 0.461 e.